The van der Waals surface area contributed by atoms with Crippen molar-refractivity contribution in [2.45, 2.75) is 20.8 Å². The number of halogens is 1. The van der Waals surface area contributed by atoms with E-state index < -0.39 is 11.9 Å². The molecule has 0 saturated carbocycles. The predicted octanol–water partition coefficient (Wildman–Crippen LogP) is 3.08. The van der Waals surface area contributed by atoms with Gasteiger partial charge < -0.3 is 14.2 Å². The van der Waals surface area contributed by atoms with Crippen LogP contribution in [0.5, 0.6) is 5.75 Å². The highest BCUT2D eigenvalue weighted by Crippen LogP contribution is 2.20. The van der Waals surface area contributed by atoms with Crippen molar-refractivity contribution in [1.29, 1.82) is 0 Å². The molecule has 0 heterocycles. The lowest BCUT2D eigenvalue weighted by Crippen LogP contribution is -2.16. The van der Waals surface area contributed by atoms with E-state index in [0.29, 0.717) is 10.8 Å². The Labute approximate surface area is 122 Å². The fraction of sp³-hybridized carbons (Fsp3) is 0.286. The van der Waals surface area contributed by atoms with Gasteiger partial charge in [0.15, 0.2) is 5.76 Å². The summed E-state index contributed by atoms with van der Waals surface area (Å²) in [6, 6.07) is 6.40. The molecule has 1 aromatic carbocycles. The van der Waals surface area contributed by atoms with Gasteiger partial charge in [-0.05, 0) is 38.1 Å². The molecule has 0 aliphatic rings. The molecule has 0 radical (unpaired) electrons. The maximum absolute atomic E-state index is 11.8. The van der Waals surface area contributed by atoms with Gasteiger partial charge in [-0.25, -0.2) is 4.79 Å². The van der Waals surface area contributed by atoms with Crippen molar-refractivity contribution in [2.75, 3.05) is 6.61 Å². The van der Waals surface area contributed by atoms with Gasteiger partial charge >= 0.3 is 11.9 Å². The number of esters is 2. The highest BCUT2D eigenvalue weighted by molar-refractivity contribution is 6.30. The minimum Gasteiger partial charge on any atom is -0.460 e. The van der Waals surface area contributed by atoms with Crippen molar-refractivity contribution in [3.05, 3.63) is 40.8 Å². The van der Waals surface area contributed by atoms with E-state index in [1.165, 1.54) is 13.8 Å². The fourth-order valence-corrected chi connectivity index (χ4v) is 1.46. The first-order chi connectivity index (χ1) is 9.43. The van der Waals surface area contributed by atoms with Crippen molar-refractivity contribution in [3.63, 3.8) is 0 Å². The average Bonchev–Trinajstić information content (AvgIpc) is 2.37. The number of allylic oxidation sites excluding steroid dienone is 1. The Morgan fingerprint density at radius 2 is 1.75 bits per heavy atom. The minimum absolute atomic E-state index is 0.0332. The Bertz CT molecular complexity index is 519. The summed E-state index contributed by atoms with van der Waals surface area (Å²) in [4.78, 5) is 22.8. The minimum atomic E-state index is -0.707. The Hall–Kier alpha value is -2.01. The quantitative estimate of drug-likeness (QED) is 0.475. The van der Waals surface area contributed by atoms with Crippen LogP contribution in [0, 0.1) is 0 Å². The Balaban J connectivity index is 3.01. The number of carbonyl (C=O) groups excluding carboxylic acids is 2. The third kappa shape index (κ3) is 4.93. The number of hydrogen-bond acceptors (Lipinski definition) is 5. The first-order valence-corrected chi connectivity index (χ1v) is 6.31. The number of hydrogen-bond donors (Lipinski definition) is 0. The van der Waals surface area contributed by atoms with E-state index in [-0.39, 0.29) is 18.1 Å². The van der Waals surface area contributed by atoms with E-state index in [2.05, 4.69) is 0 Å². The van der Waals surface area contributed by atoms with Crippen LogP contribution < -0.4 is 4.74 Å². The topological polar surface area (TPSA) is 61.8 Å². The van der Waals surface area contributed by atoms with Gasteiger partial charge in [0.2, 0.25) is 5.76 Å². The Kier molecular flexibility index (Phi) is 6.06. The SMILES string of the molecule is CCOC(=O)/C(Oc1ccc(Cl)cc1)=C(/C)OC(C)=O. The maximum Gasteiger partial charge on any atom is 0.377 e. The lowest BCUT2D eigenvalue weighted by atomic mass is 10.3. The number of benzene rings is 1. The highest BCUT2D eigenvalue weighted by atomic mass is 35.5. The molecule has 0 N–H and O–H groups in total. The van der Waals surface area contributed by atoms with Crippen molar-refractivity contribution in [1.82, 2.24) is 0 Å². The van der Waals surface area contributed by atoms with Crippen LogP contribution in [-0.2, 0) is 19.1 Å². The van der Waals surface area contributed by atoms with E-state index in [1.807, 2.05) is 0 Å². The van der Waals surface area contributed by atoms with Gasteiger partial charge in [0.05, 0.1) is 6.61 Å². The van der Waals surface area contributed by atoms with E-state index in [4.69, 9.17) is 25.8 Å². The van der Waals surface area contributed by atoms with Gasteiger partial charge in [-0.15, -0.1) is 0 Å². The highest BCUT2D eigenvalue weighted by Gasteiger charge is 2.19. The summed E-state index contributed by atoms with van der Waals surface area (Å²) in [5.41, 5.74) is 0. The molecular formula is C14H15ClO5. The smallest absolute Gasteiger partial charge is 0.377 e. The number of carbonyl (C=O) groups is 2. The molecule has 0 unspecified atom stereocenters. The molecule has 0 aliphatic carbocycles. The van der Waals surface area contributed by atoms with Crippen LogP contribution in [0.4, 0.5) is 0 Å². The standard InChI is InChI=1S/C14H15ClO5/c1-4-18-14(17)13(9(2)19-10(3)16)20-12-7-5-11(15)6-8-12/h5-8H,4H2,1-3H3/b13-9+. The molecule has 0 atom stereocenters. The summed E-state index contributed by atoms with van der Waals surface area (Å²) in [7, 11) is 0. The Morgan fingerprint density at radius 3 is 2.25 bits per heavy atom. The second-order valence-electron chi connectivity index (χ2n) is 3.76. The molecule has 1 rings (SSSR count). The normalized spacial score (nSPS) is 11.4. The van der Waals surface area contributed by atoms with E-state index in [1.54, 1.807) is 31.2 Å². The third-order valence-electron chi connectivity index (χ3n) is 2.11. The molecule has 5 nitrogen and oxygen atoms in total. The van der Waals surface area contributed by atoms with E-state index in [9.17, 15) is 9.59 Å². The van der Waals surface area contributed by atoms with Crippen molar-refractivity contribution < 1.29 is 23.8 Å². The molecule has 20 heavy (non-hydrogen) atoms. The summed E-state index contributed by atoms with van der Waals surface area (Å²) in [6.07, 6.45) is 0. The van der Waals surface area contributed by atoms with Crippen LogP contribution in [0.3, 0.4) is 0 Å². The monoisotopic (exact) mass is 298 g/mol. The van der Waals surface area contributed by atoms with Crippen LogP contribution in [0.2, 0.25) is 5.02 Å². The molecule has 0 saturated heterocycles. The first kappa shape index (κ1) is 16.0. The maximum atomic E-state index is 11.8. The fourth-order valence-electron chi connectivity index (χ4n) is 1.34. The van der Waals surface area contributed by atoms with Gasteiger partial charge in [-0.3, -0.25) is 4.79 Å². The zero-order valence-electron chi connectivity index (χ0n) is 11.4. The molecule has 0 aromatic heterocycles. The van der Waals surface area contributed by atoms with E-state index >= 15 is 0 Å². The molecule has 0 amide bonds. The lowest BCUT2D eigenvalue weighted by molar-refractivity contribution is -0.142. The average molecular weight is 299 g/mol. The van der Waals surface area contributed by atoms with Crippen LogP contribution in [0.15, 0.2) is 35.8 Å². The summed E-state index contributed by atoms with van der Waals surface area (Å²) < 4.78 is 15.1. The van der Waals surface area contributed by atoms with Crippen molar-refractivity contribution >= 4 is 23.5 Å². The molecule has 0 bridgehead atoms. The molecule has 0 fully saturated rings. The summed E-state index contributed by atoms with van der Waals surface area (Å²) in [5.74, 6) is -1.02. The molecule has 0 aliphatic heterocycles. The van der Waals surface area contributed by atoms with Gasteiger partial charge in [-0.2, -0.15) is 0 Å². The molecule has 1 aromatic rings. The van der Waals surface area contributed by atoms with Gasteiger partial charge in [0.1, 0.15) is 5.75 Å². The van der Waals surface area contributed by atoms with Crippen molar-refractivity contribution in [2.24, 2.45) is 0 Å². The van der Waals surface area contributed by atoms with Crippen molar-refractivity contribution in [3.8, 4) is 5.75 Å². The Morgan fingerprint density at radius 1 is 1.15 bits per heavy atom. The zero-order valence-corrected chi connectivity index (χ0v) is 12.2. The van der Waals surface area contributed by atoms with Gasteiger partial charge in [0.25, 0.3) is 0 Å². The second-order valence-corrected chi connectivity index (χ2v) is 4.19. The van der Waals surface area contributed by atoms with Gasteiger partial charge in [-0.1, -0.05) is 11.6 Å². The molecular weight excluding hydrogens is 284 g/mol. The number of rotatable bonds is 5. The van der Waals surface area contributed by atoms with Gasteiger partial charge in [0, 0.05) is 11.9 Å². The lowest BCUT2D eigenvalue weighted by Gasteiger charge is -2.12. The predicted molar refractivity (Wildman–Crippen MR) is 73.2 cm³/mol. The summed E-state index contributed by atoms with van der Waals surface area (Å²) in [6.45, 7) is 4.52. The van der Waals surface area contributed by atoms with Crippen LogP contribution in [0.1, 0.15) is 20.8 Å². The largest absolute Gasteiger partial charge is 0.460 e. The molecule has 108 valence electrons. The molecule has 6 heteroatoms. The zero-order chi connectivity index (χ0) is 15.1. The summed E-state index contributed by atoms with van der Waals surface area (Å²) >= 11 is 5.76. The summed E-state index contributed by atoms with van der Waals surface area (Å²) in [5, 5.41) is 0.538. The van der Waals surface area contributed by atoms with Crippen LogP contribution in [-0.4, -0.2) is 18.5 Å². The molecule has 0 spiro atoms. The van der Waals surface area contributed by atoms with Crippen LogP contribution >= 0.6 is 11.6 Å². The van der Waals surface area contributed by atoms with Crippen LogP contribution in [0.25, 0.3) is 0 Å². The number of ether oxygens (including phenoxy) is 3. The third-order valence-corrected chi connectivity index (χ3v) is 2.36. The van der Waals surface area contributed by atoms with E-state index in [0.717, 1.165) is 0 Å². The first-order valence-electron chi connectivity index (χ1n) is 5.94. The second kappa shape index (κ2) is 7.55.